The summed E-state index contributed by atoms with van der Waals surface area (Å²) in [6.07, 6.45) is 1.51. The van der Waals surface area contributed by atoms with Crippen LogP contribution in [0.1, 0.15) is 16.7 Å². The highest BCUT2D eigenvalue weighted by Crippen LogP contribution is 2.41. The van der Waals surface area contributed by atoms with Gasteiger partial charge in [-0.1, -0.05) is 11.6 Å². The zero-order chi connectivity index (χ0) is 19.2. The molecule has 0 saturated carbocycles. The summed E-state index contributed by atoms with van der Waals surface area (Å²) in [4.78, 5) is 12.8. The first kappa shape index (κ1) is 16.7. The molecule has 4 rings (SSSR count). The molecule has 2 aliphatic rings. The highest BCUT2D eigenvalue weighted by Gasteiger charge is 2.56. The van der Waals surface area contributed by atoms with E-state index in [-0.39, 0.29) is 17.6 Å². The molecule has 2 heterocycles. The average molecular weight is 366 g/mol. The molecular formula is C18H18N6O3. The molecule has 0 fully saturated rings. The summed E-state index contributed by atoms with van der Waals surface area (Å²) in [5.74, 6) is 0.0678. The smallest absolute Gasteiger partial charge is 0.279 e. The molecule has 2 aromatic rings. The van der Waals surface area contributed by atoms with Crippen molar-refractivity contribution in [1.82, 2.24) is 10.4 Å². The second-order valence-electron chi connectivity index (χ2n) is 6.28. The fourth-order valence-corrected chi connectivity index (χ4v) is 3.17. The third-order valence-corrected chi connectivity index (χ3v) is 4.53. The predicted octanol–water partition coefficient (Wildman–Crippen LogP) is 0.983. The molecule has 2 aromatic carbocycles. The van der Waals surface area contributed by atoms with E-state index in [0.29, 0.717) is 22.6 Å². The molecule has 0 aromatic heterocycles. The lowest BCUT2D eigenvalue weighted by Crippen LogP contribution is -2.55. The van der Waals surface area contributed by atoms with Gasteiger partial charge in [0.15, 0.2) is 11.5 Å². The number of amides is 1. The lowest BCUT2D eigenvalue weighted by molar-refractivity contribution is -0.126. The fraction of sp³-hybridized carbons (Fsp3) is 0.167. The second-order valence-corrected chi connectivity index (χ2v) is 6.28. The number of nitrogens with two attached hydrogens (primary N) is 1. The van der Waals surface area contributed by atoms with Crippen molar-refractivity contribution in [3.8, 4) is 11.5 Å². The van der Waals surface area contributed by atoms with Crippen LogP contribution in [-0.2, 0) is 10.5 Å². The number of nitrogens with zero attached hydrogens (tertiary/aromatic N) is 3. The average Bonchev–Trinajstić information content (AvgIpc) is 3.13. The number of carbonyl (C=O) groups is 1. The van der Waals surface area contributed by atoms with Gasteiger partial charge in [0.05, 0.1) is 13.3 Å². The van der Waals surface area contributed by atoms with Gasteiger partial charge in [-0.2, -0.15) is 10.1 Å². The Labute approximate surface area is 155 Å². The molecule has 9 heteroatoms. The SMILES string of the molecule is COc1cc(/C=N/N2C(N)=NNC23C(=O)Nc2ccc(C)cc23)ccc1O. The van der Waals surface area contributed by atoms with Crippen LogP contribution in [0.15, 0.2) is 46.6 Å². The lowest BCUT2D eigenvalue weighted by Gasteiger charge is -2.29. The molecule has 1 unspecified atom stereocenters. The van der Waals surface area contributed by atoms with Crippen LogP contribution in [0.2, 0.25) is 0 Å². The molecule has 138 valence electrons. The van der Waals surface area contributed by atoms with E-state index >= 15 is 0 Å². The van der Waals surface area contributed by atoms with E-state index in [0.717, 1.165) is 5.56 Å². The van der Waals surface area contributed by atoms with Crippen molar-refractivity contribution in [1.29, 1.82) is 0 Å². The summed E-state index contributed by atoms with van der Waals surface area (Å²) in [5.41, 5.74) is 10.5. The van der Waals surface area contributed by atoms with Crippen molar-refractivity contribution in [2.24, 2.45) is 15.9 Å². The Morgan fingerprint density at radius 3 is 2.93 bits per heavy atom. The normalized spacial score (nSPS) is 20.6. The van der Waals surface area contributed by atoms with Gasteiger partial charge in [0.2, 0.25) is 5.96 Å². The third kappa shape index (κ3) is 2.43. The number of rotatable bonds is 3. The van der Waals surface area contributed by atoms with Crippen molar-refractivity contribution >= 4 is 23.8 Å². The Bertz CT molecular complexity index is 1000. The summed E-state index contributed by atoms with van der Waals surface area (Å²) in [7, 11) is 1.46. The van der Waals surface area contributed by atoms with Crippen LogP contribution in [0.3, 0.4) is 0 Å². The molecule has 0 saturated heterocycles. The molecule has 5 N–H and O–H groups in total. The molecule has 0 aliphatic carbocycles. The molecular weight excluding hydrogens is 348 g/mol. The highest BCUT2D eigenvalue weighted by molar-refractivity contribution is 6.08. The number of fused-ring (bicyclic) bond motifs is 2. The van der Waals surface area contributed by atoms with Gasteiger partial charge in [-0.15, -0.1) is 5.10 Å². The number of methoxy groups -OCH3 is 1. The molecule has 1 spiro atoms. The largest absolute Gasteiger partial charge is 0.504 e. The Kier molecular flexibility index (Phi) is 3.65. The van der Waals surface area contributed by atoms with Crippen molar-refractivity contribution in [2.75, 3.05) is 12.4 Å². The number of phenolic OH excluding ortho intramolecular Hbond substituents is 1. The highest BCUT2D eigenvalue weighted by atomic mass is 16.5. The summed E-state index contributed by atoms with van der Waals surface area (Å²) < 4.78 is 5.10. The first-order valence-corrected chi connectivity index (χ1v) is 8.20. The molecule has 0 bridgehead atoms. The minimum absolute atomic E-state index is 0.0228. The maximum Gasteiger partial charge on any atom is 0.279 e. The van der Waals surface area contributed by atoms with Crippen LogP contribution < -0.4 is 21.2 Å². The van der Waals surface area contributed by atoms with Gasteiger partial charge in [0.25, 0.3) is 11.6 Å². The summed E-state index contributed by atoms with van der Waals surface area (Å²) >= 11 is 0. The molecule has 2 aliphatic heterocycles. The Balaban J connectivity index is 1.75. The maximum atomic E-state index is 12.8. The van der Waals surface area contributed by atoms with Crippen molar-refractivity contribution in [2.45, 2.75) is 12.6 Å². The number of anilines is 1. The van der Waals surface area contributed by atoms with Crippen LogP contribution in [0, 0.1) is 6.92 Å². The summed E-state index contributed by atoms with van der Waals surface area (Å²) in [6.45, 7) is 1.94. The van der Waals surface area contributed by atoms with Gasteiger partial charge in [-0.3, -0.25) is 10.2 Å². The quantitative estimate of drug-likeness (QED) is 0.600. The number of aromatic hydroxyl groups is 1. The topological polar surface area (TPSA) is 125 Å². The summed E-state index contributed by atoms with van der Waals surface area (Å²) in [6, 6.07) is 10.4. The van der Waals surface area contributed by atoms with E-state index < -0.39 is 5.66 Å². The summed E-state index contributed by atoms with van der Waals surface area (Å²) in [5, 5.41) is 22.3. The van der Waals surface area contributed by atoms with Gasteiger partial charge in [-0.25, -0.2) is 0 Å². The molecule has 1 atom stereocenters. The standard InChI is InChI=1S/C18H18N6O3/c1-10-3-5-13-12(7-10)18(16(26)21-13)23-22-17(19)24(18)20-9-11-4-6-14(25)15(8-11)27-2/h3-9,23,25H,1-2H3,(H2,19,22)(H,21,26)/b20-9+. The Hall–Kier alpha value is -3.75. The number of guanidine groups is 1. The molecule has 9 nitrogen and oxygen atoms in total. The zero-order valence-electron chi connectivity index (χ0n) is 14.7. The van der Waals surface area contributed by atoms with Gasteiger partial charge in [0.1, 0.15) is 0 Å². The predicted molar refractivity (Wildman–Crippen MR) is 100 cm³/mol. The number of carbonyl (C=O) groups excluding carboxylic acids is 1. The fourth-order valence-electron chi connectivity index (χ4n) is 3.17. The van der Waals surface area contributed by atoms with Crippen LogP contribution in [-0.4, -0.2) is 35.3 Å². The van der Waals surface area contributed by atoms with E-state index in [2.05, 4.69) is 20.9 Å². The molecule has 1 amide bonds. The van der Waals surface area contributed by atoms with Crippen LogP contribution in [0.4, 0.5) is 5.69 Å². The van der Waals surface area contributed by atoms with E-state index in [1.54, 1.807) is 12.1 Å². The second kappa shape index (κ2) is 5.90. The van der Waals surface area contributed by atoms with Gasteiger partial charge in [0, 0.05) is 11.3 Å². The van der Waals surface area contributed by atoms with Gasteiger partial charge >= 0.3 is 0 Å². The number of benzene rings is 2. The monoisotopic (exact) mass is 366 g/mol. The minimum atomic E-state index is -1.34. The first-order chi connectivity index (χ1) is 13.0. The van der Waals surface area contributed by atoms with Gasteiger partial charge < -0.3 is 20.9 Å². The minimum Gasteiger partial charge on any atom is -0.504 e. The Morgan fingerprint density at radius 1 is 1.33 bits per heavy atom. The number of hydrazone groups is 2. The van der Waals surface area contributed by atoms with E-state index in [9.17, 15) is 9.90 Å². The number of ether oxygens (including phenoxy) is 1. The van der Waals surface area contributed by atoms with E-state index in [4.69, 9.17) is 10.5 Å². The number of hydrogen-bond acceptors (Lipinski definition) is 8. The van der Waals surface area contributed by atoms with E-state index in [1.165, 1.54) is 24.4 Å². The van der Waals surface area contributed by atoms with E-state index in [1.807, 2.05) is 25.1 Å². The number of hydrogen-bond donors (Lipinski definition) is 4. The number of nitrogens with one attached hydrogen (secondary N) is 2. The number of phenols is 1. The third-order valence-electron chi connectivity index (χ3n) is 4.53. The van der Waals surface area contributed by atoms with Crippen molar-refractivity contribution in [3.05, 3.63) is 53.1 Å². The van der Waals surface area contributed by atoms with Crippen LogP contribution in [0.25, 0.3) is 0 Å². The first-order valence-electron chi connectivity index (χ1n) is 8.20. The van der Waals surface area contributed by atoms with Crippen molar-refractivity contribution < 1.29 is 14.6 Å². The van der Waals surface area contributed by atoms with Crippen molar-refractivity contribution in [3.63, 3.8) is 0 Å². The lowest BCUT2D eigenvalue weighted by atomic mass is 9.99. The number of aryl methyl sites for hydroxylation is 1. The maximum absolute atomic E-state index is 12.8. The molecule has 27 heavy (non-hydrogen) atoms. The zero-order valence-corrected chi connectivity index (χ0v) is 14.7. The van der Waals surface area contributed by atoms with Gasteiger partial charge in [-0.05, 0) is 42.8 Å². The van der Waals surface area contributed by atoms with Crippen LogP contribution >= 0.6 is 0 Å². The van der Waals surface area contributed by atoms with Crippen LogP contribution in [0.5, 0.6) is 11.5 Å². The molecule has 0 radical (unpaired) electrons. The Morgan fingerprint density at radius 2 is 2.15 bits per heavy atom.